The Hall–Kier alpha value is -2.67. The summed E-state index contributed by atoms with van der Waals surface area (Å²) in [5.41, 5.74) is 2.00. The van der Waals surface area contributed by atoms with Crippen LogP contribution in [0.5, 0.6) is 5.75 Å². The number of methoxy groups -OCH3 is 1. The third kappa shape index (κ3) is 3.62. The number of nitrogens with zero attached hydrogens (tertiary/aromatic N) is 2. The van der Waals surface area contributed by atoms with Gasteiger partial charge in [-0.05, 0) is 31.9 Å². The van der Waals surface area contributed by atoms with Gasteiger partial charge in [-0.3, -0.25) is 10.1 Å². The Bertz CT molecular complexity index is 788. The molecule has 1 fully saturated rings. The lowest BCUT2D eigenvalue weighted by atomic mass is 9.73. The molecule has 2 heterocycles. The number of nitro groups is 1. The van der Waals surface area contributed by atoms with Crippen LogP contribution in [0, 0.1) is 17.0 Å². The summed E-state index contributed by atoms with van der Waals surface area (Å²) < 4.78 is 11.2. The number of ether oxygens (including phenoxy) is 2. The largest absolute Gasteiger partial charge is 0.496 e. The van der Waals surface area contributed by atoms with E-state index in [0.717, 1.165) is 29.7 Å². The zero-order chi connectivity index (χ0) is 18.6. The zero-order valence-electron chi connectivity index (χ0n) is 15.0. The van der Waals surface area contributed by atoms with E-state index >= 15 is 0 Å². The average Bonchev–Trinajstić information content (AvgIpc) is 2.67. The van der Waals surface area contributed by atoms with E-state index in [-0.39, 0.29) is 16.9 Å². The van der Waals surface area contributed by atoms with Crippen molar-refractivity contribution < 1.29 is 14.4 Å². The van der Waals surface area contributed by atoms with Gasteiger partial charge in [0.25, 0.3) is 0 Å². The zero-order valence-corrected chi connectivity index (χ0v) is 15.0. The lowest BCUT2D eigenvalue weighted by Gasteiger charge is -2.39. The number of anilines is 1. The summed E-state index contributed by atoms with van der Waals surface area (Å²) in [5.74, 6) is 1.12. The highest BCUT2D eigenvalue weighted by molar-refractivity contribution is 5.56. The maximum Gasteiger partial charge on any atom is 0.311 e. The normalized spacial score (nSPS) is 16.1. The lowest BCUT2D eigenvalue weighted by Crippen LogP contribution is -2.40. The molecule has 0 atom stereocenters. The fraction of sp³-hybridized carbons (Fsp3) is 0.421. The monoisotopic (exact) mass is 357 g/mol. The standard InChI is InChI=1S/C19H23N3O4/c1-14-5-6-17(25-2)15(12-14)19(7-10-26-11-8-19)13-21-18-16(22(23)24)4-3-9-20-18/h3-6,9,12H,7-8,10-11,13H2,1-2H3,(H,20,21). The van der Waals surface area contributed by atoms with Crippen molar-refractivity contribution in [3.05, 3.63) is 57.8 Å². The Kier molecular flexibility index (Phi) is 5.37. The smallest absolute Gasteiger partial charge is 0.311 e. The molecule has 0 saturated carbocycles. The minimum atomic E-state index is -0.417. The molecule has 1 N–H and O–H groups in total. The minimum absolute atomic E-state index is 0.0223. The van der Waals surface area contributed by atoms with Gasteiger partial charge in [0.15, 0.2) is 0 Å². The predicted molar refractivity (Wildman–Crippen MR) is 98.8 cm³/mol. The molecule has 1 saturated heterocycles. The number of aromatic nitrogens is 1. The lowest BCUT2D eigenvalue weighted by molar-refractivity contribution is -0.384. The van der Waals surface area contributed by atoms with E-state index < -0.39 is 4.92 Å². The summed E-state index contributed by atoms with van der Waals surface area (Å²) >= 11 is 0. The molecule has 1 aliphatic rings. The van der Waals surface area contributed by atoms with Crippen LogP contribution in [0.2, 0.25) is 0 Å². The number of rotatable bonds is 6. The maximum atomic E-state index is 11.3. The van der Waals surface area contributed by atoms with Crippen molar-refractivity contribution in [3.63, 3.8) is 0 Å². The fourth-order valence-electron chi connectivity index (χ4n) is 3.47. The van der Waals surface area contributed by atoms with Crippen LogP contribution in [0.3, 0.4) is 0 Å². The molecule has 1 aliphatic heterocycles. The summed E-state index contributed by atoms with van der Waals surface area (Å²) in [4.78, 5) is 15.0. The van der Waals surface area contributed by atoms with Gasteiger partial charge in [0.05, 0.1) is 12.0 Å². The molecule has 3 rings (SSSR count). The Morgan fingerprint density at radius 3 is 2.81 bits per heavy atom. The third-order valence-electron chi connectivity index (χ3n) is 4.95. The quantitative estimate of drug-likeness (QED) is 0.629. The molecule has 7 heteroatoms. The van der Waals surface area contributed by atoms with Crippen LogP contribution in [-0.4, -0.2) is 36.8 Å². The second-order valence-corrected chi connectivity index (χ2v) is 6.58. The van der Waals surface area contributed by atoms with E-state index in [1.807, 2.05) is 19.1 Å². The molecule has 1 aromatic heterocycles. The Morgan fingerprint density at radius 2 is 2.12 bits per heavy atom. The molecule has 0 aliphatic carbocycles. The van der Waals surface area contributed by atoms with Gasteiger partial charge in [0, 0.05) is 43.0 Å². The first kappa shape index (κ1) is 18.1. The molecule has 138 valence electrons. The third-order valence-corrected chi connectivity index (χ3v) is 4.95. The topological polar surface area (TPSA) is 86.5 Å². The van der Waals surface area contributed by atoms with Crippen LogP contribution in [0.15, 0.2) is 36.5 Å². The highest BCUT2D eigenvalue weighted by Gasteiger charge is 2.37. The Labute approximate surface area is 152 Å². The van der Waals surface area contributed by atoms with E-state index in [2.05, 4.69) is 16.4 Å². The summed E-state index contributed by atoms with van der Waals surface area (Å²) in [5, 5.41) is 14.5. The SMILES string of the molecule is COc1ccc(C)cc1C1(CNc2ncccc2[N+](=O)[O-])CCOCC1. The first-order valence-electron chi connectivity index (χ1n) is 8.62. The van der Waals surface area contributed by atoms with Crippen molar-refractivity contribution in [3.8, 4) is 5.75 Å². The average molecular weight is 357 g/mol. The van der Waals surface area contributed by atoms with E-state index in [0.29, 0.717) is 19.8 Å². The first-order valence-corrected chi connectivity index (χ1v) is 8.62. The van der Waals surface area contributed by atoms with E-state index in [1.165, 1.54) is 6.07 Å². The van der Waals surface area contributed by atoms with Crippen LogP contribution in [0.25, 0.3) is 0 Å². The Morgan fingerprint density at radius 1 is 1.35 bits per heavy atom. The molecule has 2 aromatic rings. The van der Waals surface area contributed by atoms with Gasteiger partial charge in [0.2, 0.25) is 5.82 Å². The van der Waals surface area contributed by atoms with Crippen molar-refractivity contribution in [1.82, 2.24) is 4.98 Å². The number of pyridine rings is 1. The summed E-state index contributed by atoms with van der Waals surface area (Å²) in [6.45, 7) is 3.85. The maximum absolute atomic E-state index is 11.3. The number of aryl methyl sites for hydroxylation is 1. The second-order valence-electron chi connectivity index (χ2n) is 6.58. The number of benzene rings is 1. The first-order chi connectivity index (χ1) is 12.6. The van der Waals surface area contributed by atoms with Crippen LogP contribution in [0.1, 0.15) is 24.0 Å². The van der Waals surface area contributed by atoms with Crippen molar-refractivity contribution in [1.29, 1.82) is 0 Å². The second kappa shape index (κ2) is 7.70. The summed E-state index contributed by atoms with van der Waals surface area (Å²) in [6, 6.07) is 9.16. The number of nitrogens with one attached hydrogen (secondary N) is 1. The van der Waals surface area contributed by atoms with E-state index in [9.17, 15) is 10.1 Å². The minimum Gasteiger partial charge on any atom is -0.496 e. The predicted octanol–water partition coefficient (Wildman–Crippen LogP) is 3.47. The molecule has 0 amide bonds. The van der Waals surface area contributed by atoms with Gasteiger partial charge in [0.1, 0.15) is 5.75 Å². The van der Waals surface area contributed by atoms with Crippen molar-refractivity contribution in [2.24, 2.45) is 0 Å². The molecular weight excluding hydrogens is 334 g/mol. The van der Waals surface area contributed by atoms with Gasteiger partial charge in [-0.15, -0.1) is 0 Å². The van der Waals surface area contributed by atoms with Crippen molar-refractivity contribution in [2.75, 3.05) is 32.2 Å². The highest BCUT2D eigenvalue weighted by Crippen LogP contribution is 2.40. The number of hydrogen-bond acceptors (Lipinski definition) is 6. The summed E-state index contributed by atoms with van der Waals surface area (Å²) in [7, 11) is 1.66. The molecule has 0 radical (unpaired) electrons. The molecule has 7 nitrogen and oxygen atoms in total. The van der Waals surface area contributed by atoms with Gasteiger partial charge in [-0.1, -0.05) is 17.7 Å². The van der Waals surface area contributed by atoms with Gasteiger partial charge in [-0.25, -0.2) is 4.98 Å². The van der Waals surface area contributed by atoms with Gasteiger partial charge >= 0.3 is 5.69 Å². The van der Waals surface area contributed by atoms with Crippen LogP contribution in [-0.2, 0) is 10.2 Å². The number of hydrogen-bond donors (Lipinski definition) is 1. The van der Waals surface area contributed by atoms with E-state index in [4.69, 9.17) is 9.47 Å². The van der Waals surface area contributed by atoms with Crippen LogP contribution >= 0.6 is 0 Å². The van der Waals surface area contributed by atoms with E-state index in [1.54, 1.807) is 19.4 Å². The Balaban J connectivity index is 1.95. The molecular formula is C19H23N3O4. The fourth-order valence-corrected chi connectivity index (χ4v) is 3.47. The van der Waals surface area contributed by atoms with Gasteiger partial charge in [-0.2, -0.15) is 0 Å². The molecule has 0 spiro atoms. The summed E-state index contributed by atoms with van der Waals surface area (Å²) in [6.07, 6.45) is 3.17. The van der Waals surface area contributed by atoms with Crippen molar-refractivity contribution >= 4 is 11.5 Å². The van der Waals surface area contributed by atoms with Crippen LogP contribution in [0.4, 0.5) is 11.5 Å². The molecule has 0 bridgehead atoms. The highest BCUT2D eigenvalue weighted by atomic mass is 16.6. The molecule has 0 unspecified atom stereocenters. The van der Waals surface area contributed by atoms with Gasteiger partial charge < -0.3 is 14.8 Å². The van der Waals surface area contributed by atoms with Crippen molar-refractivity contribution in [2.45, 2.75) is 25.2 Å². The molecule has 26 heavy (non-hydrogen) atoms. The molecule has 1 aromatic carbocycles. The van der Waals surface area contributed by atoms with Crippen LogP contribution < -0.4 is 10.1 Å².